The molecule has 0 radical (unpaired) electrons. The van der Waals surface area contributed by atoms with E-state index in [2.05, 4.69) is 9.97 Å². The van der Waals surface area contributed by atoms with Gasteiger partial charge in [-0.1, -0.05) is 18.2 Å². The van der Waals surface area contributed by atoms with Crippen molar-refractivity contribution in [1.82, 2.24) is 14.9 Å². The molecule has 3 heterocycles. The smallest absolute Gasteiger partial charge is 0.254 e. The third-order valence-electron chi connectivity index (χ3n) is 6.70. The number of carbonyl (C=O) groups is 1. The number of ether oxygens (including phenoxy) is 1. The van der Waals surface area contributed by atoms with Gasteiger partial charge in [-0.05, 0) is 55.7 Å². The third kappa shape index (κ3) is 3.61. The second-order valence-electron chi connectivity index (χ2n) is 9.11. The second-order valence-corrected chi connectivity index (χ2v) is 9.11. The van der Waals surface area contributed by atoms with E-state index in [9.17, 15) is 4.79 Å². The van der Waals surface area contributed by atoms with Gasteiger partial charge in [-0.2, -0.15) is 5.26 Å². The number of rotatable bonds is 4. The molecule has 33 heavy (non-hydrogen) atoms. The van der Waals surface area contributed by atoms with Gasteiger partial charge in [0.05, 0.1) is 55.2 Å². The van der Waals surface area contributed by atoms with E-state index in [0.717, 1.165) is 33.9 Å². The molecule has 0 aliphatic carbocycles. The maximum atomic E-state index is 15.4. The zero-order valence-electron chi connectivity index (χ0n) is 18.9. The lowest BCUT2D eigenvalue weighted by atomic mass is 9.86. The number of halogens is 1. The van der Waals surface area contributed by atoms with Gasteiger partial charge in [-0.3, -0.25) is 4.79 Å². The van der Waals surface area contributed by atoms with Crippen LogP contribution in [0.3, 0.4) is 0 Å². The number of aromatic amines is 1. The minimum atomic E-state index is -1.59. The van der Waals surface area contributed by atoms with Gasteiger partial charge >= 0.3 is 0 Å². The first kappa shape index (κ1) is 21.4. The summed E-state index contributed by atoms with van der Waals surface area (Å²) in [5.41, 5.74) is 4.59. The van der Waals surface area contributed by atoms with Gasteiger partial charge in [-0.25, -0.2) is 9.37 Å². The first-order valence-electron chi connectivity index (χ1n) is 11.0. The highest BCUT2D eigenvalue weighted by atomic mass is 19.1. The number of hydrogen-bond acceptors (Lipinski definition) is 4. The number of nitrogens with zero attached hydrogens (tertiary/aromatic N) is 3. The van der Waals surface area contributed by atoms with E-state index < -0.39 is 5.67 Å². The molecule has 7 heteroatoms. The van der Waals surface area contributed by atoms with Gasteiger partial charge in [0, 0.05) is 11.1 Å². The van der Waals surface area contributed by atoms with Crippen LogP contribution in [0, 0.1) is 32.1 Å². The summed E-state index contributed by atoms with van der Waals surface area (Å²) in [5, 5.41) is 8.95. The SMILES string of the molecule is Cc1cc(C)c(-c2[nH]c(C3COC3)nc2C)cc1C(=O)N1CC(F)(c2ccc(C#N)cc2)C1. The first-order valence-corrected chi connectivity index (χ1v) is 11.0. The Hall–Kier alpha value is -3.50. The Balaban J connectivity index is 1.39. The van der Waals surface area contributed by atoms with Crippen LogP contribution < -0.4 is 0 Å². The lowest BCUT2D eigenvalue weighted by molar-refractivity contribution is -0.0231. The predicted molar refractivity (Wildman–Crippen MR) is 122 cm³/mol. The van der Waals surface area contributed by atoms with Crippen molar-refractivity contribution in [2.45, 2.75) is 32.4 Å². The van der Waals surface area contributed by atoms with Crippen LogP contribution in [-0.2, 0) is 10.4 Å². The number of hydrogen-bond donors (Lipinski definition) is 1. The number of amides is 1. The van der Waals surface area contributed by atoms with Crippen LogP contribution in [0.1, 0.15) is 50.0 Å². The summed E-state index contributed by atoms with van der Waals surface area (Å²) >= 11 is 0. The van der Waals surface area contributed by atoms with E-state index in [0.29, 0.717) is 29.9 Å². The molecular weight excluding hydrogens is 419 g/mol. The van der Waals surface area contributed by atoms with Gasteiger partial charge in [0.15, 0.2) is 5.67 Å². The number of imidazole rings is 1. The van der Waals surface area contributed by atoms with Crippen LogP contribution in [0.5, 0.6) is 0 Å². The molecule has 0 saturated carbocycles. The zero-order valence-corrected chi connectivity index (χ0v) is 18.9. The average molecular weight is 445 g/mol. The third-order valence-corrected chi connectivity index (χ3v) is 6.70. The summed E-state index contributed by atoms with van der Waals surface area (Å²) in [6.07, 6.45) is 0. The van der Waals surface area contributed by atoms with Crippen LogP contribution in [0.25, 0.3) is 11.3 Å². The van der Waals surface area contributed by atoms with E-state index in [4.69, 9.17) is 10.00 Å². The van der Waals surface area contributed by atoms with Gasteiger partial charge < -0.3 is 14.6 Å². The number of likely N-dealkylation sites (tertiary alicyclic amines) is 1. The number of carbonyl (C=O) groups excluding carboxylic acids is 1. The molecule has 2 aliphatic rings. The molecule has 1 amide bonds. The molecule has 2 aromatic carbocycles. The standard InChI is InChI=1S/C26H25FN4O2/c1-15-8-16(2)22(9-21(15)23-17(3)29-24(30-23)19-11-33-12-19)25(32)31-13-26(27,14-31)20-6-4-18(10-28)5-7-20/h4-9,19H,11-14H2,1-3H3,(H,29,30). The van der Waals surface area contributed by atoms with Crippen LogP contribution in [0.4, 0.5) is 4.39 Å². The molecule has 168 valence electrons. The fourth-order valence-electron chi connectivity index (χ4n) is 4.58. The molecular formula is C26H25FN4O2. The highest BCUT2D eigenvalue weighted by Gasteiger charge is 2.47. The zero-order chi connectivity index (χ0) is 23.3. The molecule has 2 fully saturated rings. The first-order chi connectivity index (χ1) is 15.8. The van der Waals surface area contributed by atoms with E-state index in [1.807, 2.05) is 39.0 Å². The van der Waals surface area contributed by atoms with E-state index in [-0.39, 0.29) is 24.9 Å². The quantitative estimate of drug-likeness (QED) is 0.650. The molecule has 0 spiro atoms. The van der Waals surface area contributed by atoms with Crippen molar-refractivity contribution in [3.63, 3.8) is 0 Å². The summed E-state index contributed by atoms with van der Waals surface area (Å²) in [6.45, 7) is 7.21. The molecule has 2 aliphatic heterocycles. The Labute approximate surface area is 192 Å². The lowest BCUT2D eigenvalue weighted by Crippen LogP contribution is -2.58. The summed E-state index contributed by atoms with van der Waals surface area (Å²) in [4.78, 5) is 22.9. The Morgan fingerprint density at radius 2 is 1.88 bits per heavy atom. The maximum absolute atomic E-state index is 15.4. The predicted octanol–water partition coefficient (Wildman–Crippen LogP) is 4.31. The molecule has 2 saturated heterocycles. The van der Waals surface area contributed by atoms with Crippen molar-refractivity contribution >= 4 is 5.91 Å². The monoisotopic (exact) mass is 444 g/mol. The summed E-state index contributed by atoms with van der Waals surface area (Å²) in [7, 11) is 0. The summed E-state index contributed by atoms with van der Waals surface area (Å²) < 4.78 is 20.7. The van der Waals surface area contributed by atoms with E-state index in [1.165, 1.54) is 4.90 Å². The molecule has 6 nitrogen and oxygen atoms in total. The Morgan fingerprint density at radius 3 is 2.48 bits per heavy atom. The highest BCUT2D eigenvalue weighted by Crippen LogP contribution is 2.38. The minimum absolute atomic E-state index is 0.00467. The summed E-state index contributed by atoms with van der Waals surface area (Å²) in [5.74, 6) is 1.01. The highest BCUT2D eigenvalue weighted by molar-refractivity contribution is 5.98. The van der Waals surface area contributed by atoms with Crippen LogP contribution in [0.15, 0.2) is 36.4 Å². The van der Waals surface area contributed by atoms with Gasteiger partial charge in [0.1, 0.15) is 5.82 Å². The number of alkyl halides is 1. The molecule has 0 unspecified atom stereocenters. The number of aromatic nitrogens is 2. The van der Waals surface area contributed by atoms with Crippen molar-refractivity contribution in [3.8, 4) is 17.3 Å². The Morgan fingerprint density at radius 1 is 1.18 bits per heavy atom. The fourth-order valence-corrected chi connectivity index (χ4v) is 4.58. The van der Waals surface area contributed by atoms with Gasteiger partial charge in [0.2, 0.25) is 0 Å². The molecule has 1 N–H and O–H groups in total. The number of nitriles is 1. The van der Waals surface area contributed by atoms with Crippen molar-refractivity contribution in [3.05, 3.63) is 75.7 Å². The number of nitrogens with one attached hydrogen (secondary N) is 1. The number of aryl methyl sites for hydroxylation is 3. The largest absolute Gasteiger partial charge is 0.380 e. The summed E-state index contributed by atoms with van der Waals surface area (Å²) in [6, 6.07) is 12.4. The van der Waals surface area contributed by atoms with Crippen molar-refractivity contribution in [2.24, 2.45) is 0 Å². The Bertz CT molecular complexity index is 1280. The normalized spacial score (nSPS) is 17.2. The van der Waals surface area contributed by atoms with Crippen molar-refractivity contribution < 1.29 is 13.9 Å². The Kier molecular flexibility index (Phi) is 5.06. The second kappa shape index (κ2) is 7.82. The van der Waals surface area contributed by atoms with Crippen LogP contribution in [0.2, 0.25) is 0 Å². The topological polar surface area (TPSA) is 82.0 Å². The number of H-pyrrole nitrogens is 1. The average Bonchev–Trinajstić information content (AvgIpc) is 3.10. The molecule has 1 aromatic heterocycles. The fraction of sp³-hybridized carbons (Fsp3) is 0.346. The van der Waals surface area contributed by atoms with E-state index in [1.54, 1.807) is 24.3 Å². The van der Waals surface area contributed by atoms with Gasteiger partial charge in [0.25, 0.3) is 5.91 Å². The van der Waals surface area contributed by atoms with Crippen LogP contribution in [-0.4, -0.2) is 47.1 Å². The lowest BCUT2D eigenvalue weighted by Gasteiger charge is -2.45. The van der Waals surface area contributed by atoms with Crippen molar-refractivity contribution in [2.75, 3.05) is 26.3 Å². The molecule has 0 bridgehead atoms. The van der Waals surface area contributed by atoms with Crippen LogP contribution >= 0.6 is 0 Å². The molecule has 5 rings (SSSR count). The van der Waals surface area contributed by atoms with E-state index >= 15 is 4.39 Å². The van der Waals surface area contributed by atoms with Crippen molar-refractivity contribution in [1.29, 1.82) is 5.26 Å². The minimum Gasteiger partial charge on any atom is -0.380 e. The number of benzene rings is 2. The molecule has 0 atom stereocenters. The molecule has 3 aromatic rings. The van der Waals surface area contributed by atoms with Gasteiger partial charge in [-0.15, -0.1) is 0 Å². The maximum Gasteiger partial charge on any atom is 0.254 e.